The molecule has 2 aromatic heterocycles. The zero-order chi connectivity index (χ0) is 19.5. The second kappa shape index (κ2) is 8.24. The van der Waals surface area contributed by atoms with Gasteiger partial charge in [0.15, 0.2) is 5.13 Å². The molecule has 28 heavy (non-hydrogen) atoms. The van der Waals surface area contributed by atoms with E-state index in [4.69, 9.17) is 4.74 Å². The normalized spacial score (nSPS) is 19.6. The van der Waals surface area contributed by atoms with E-state index in [1.807, 2.05) is 11.6 Å². The predicted molar refractivity (Wildman–Crippen MR) is 111 cm³/mol. The molecule has 3 heterocycles. The van der Waals surface area contributed by atoms with Crippen LogP contribution in [0, 0.1) is 5.82 Å². The van der Waals surface area contributed by atoms with Gasteiger partial charge in [-0.2, -0.15) is 0 Å². The Bertz CT molecular complexity index is 903. The van der Waals surface area contributed by atoms with E-state index in [0.29, 0.717) is 6.54 Å². The third-order valence-corrected chi connectivity index (χ3v) is 5.44. The summed E-state index contributed by atoms with van der Waals surface area (Å²) < 4.78 is 18.8. The number of aromatic nitrogens is 2. The third kappa shape index (κ3) is 4.48. The molecule has 7 heteroatoms. The number of thiazole rings is 1. The number of anilines is 2. The number of nitrogens with zero attached hydrogens (tertiary/aromatic N) is 3. The van der Waals surface area contributed by atoms with Crippen LogP contribution in [-0.4, -0.2) is 35.3 Å². The van der Waals surface area contributed by atoms with Crippen LogP contribution >= 0.6 is 11.3 Å². The highest BCUT2D eigenvalue weighted by Crippen LogP contribution is 2.25. The molecular weight excluding hydrogens is 375 g/mol. The van der Waals surface area contributed by atoms with Crippen LogP contribution in [0.2, 0.25) is 0 Å². The SMILES string of the molecule is CC1CN(c2ccc(CNc3nc(-c4ccc(F)cc4)cs3)cn2)CC(C)O1. The van der Waals surface area contributed by atoms with E-state index in [9.17, 15) is 4.39 Å². The lowest BCUT2D eigenvalue weighted by molar-refractivity contribution is -0.00545. The van der Waals surface area contributed by atoms with Crippen LogP contribution < -0.4 is 10.2 Å². The number of rotatable bonds is 5. The van der Waals surface area contributed by atoms with E-state index >= 15 is 0 Å². The molecule has 0 bridgehead atoms. The largest absolute Gasteiger partial charge is 0.372 e. The Morgan fingerprint density at radius 3 is 2.57 bits per heavy atom. The zero-order valence-electron chi connectivity index (χ0n) is 15.9. The van der Waals surface area contributed by atoms with Crippen molar-refractivity contribution >= 4 is 22.3 Å². The maximum Gasteiger partial charge on any atom is 0.183 e. The fourth-order valence-electron chi connectivity index (χ4n) is 3.36. The van der Waals surface area contributed by atoms with Crippen molar-refractivity contribution in [3.63, 3.8) is 0 Å². The van der Waals surface area contributed by atoms with Gasteiger partial charge in [0.2, 0.25) is 0 Å². The summed E-state index contributed by atoms with van der Waals surface area (Å²) in [6.07, 6.45) is 2.33. The molecule has 3 aromatic rings. The van der Waals surface area contributed by atoms with Crippen molar-refractivity contribution in [1.29, 1.82) is 0 Å². The third-order valence-electron chi connectivity index (χ3n) is 4.64. The molecule has 2 unspecified atom stereocenters. The summed E-state index contributed by atoms with van der Waals surface area (Å²) in [5.41, 5.74) is 2.85. The lowest BCUT2D eigenvalue weighted by atomic mass is 10.2. The Labute approximate surface area is 168 Å². The summed E-state index contributed by atoms with van der Waals surface area (Å²) in [5.74, 6) is 0.743. The van der Waals surface area contributed by atoms with Gasteiger partial charge in [-0.1, -0.05) is 6.07 Å². The monoisotopic (exact) mass is 398 g/mol. The molecule has 0 amide bonds. The van der Waals surface area contributed by atoms with Crippen LogP contribution in [0.5, 0.6) is 0 Å². The summed E-state index contributed by atoms with van der Waals surface area (Å²) in [4.78, 5) is 11.5. The summed E-state index contributed by atoms with van der Waals surface area (Å²) in [5, 5.41) is 6.14. The van der Waals surface area contributed by atoms with Crippen molar-refractivity contribution in [2.45, 2.75) is 32.6 Å². The van der Waals surface area contributed by atoms with Crippen LogP contribution in [0.4, 0.5) is 15.3 Å². The molecule has 2 atom stereocenters. The Kier molecular flexibility index (Phi) is 5.54. The summed E-state index contributed by atoms with van der Waals surface area (Å²) in [7, 11) is 0. The molecular formula is C21H23FN4OS. The highest BCUT2D eigenvalue weighted by molar-refractivity contribution is 7.14. The van der Waals surface area contributed by atoms with E-state index < -0.39 is 0 Å². The van der Waals surface area contributed by atoms with Gasteiger partial charge >= 0.3 is 0 Å². The molecule has 1 N–H and O–H groups in total. The van der Waals surface area contributed by atoms with Crippen molar-refractivity contribution < 1.29 is 9.13 Å². The van der Waals surface area contributed by atoms with Gasteiger partial charge in [0, 0.05) is 36.8 Å². The highest BCUT2D eigenvalue weighted by Gasteiger charge is 2.22. The fourth-order valence-corrected chi connectivity index (χ4v) is 4.08. The minimum absolute atomic E-state index is 0.215. The number of pyridine rings is 1. The summed E-state index contributed by atoms with van der Waals surface area (Å²) >= 11 is 1.54. The smallest absolute Gasteiger partial charge is 0.183 e. The average Bonchev–Trinajstić information content (AvgIpc) is 3.16. The molecule has 5 nitrogen and oxygen atoms in total. The van der Waals surface area contributed by atoms with Crippen molar-refractivity contribution in [2.24, 2.45) is 0 Å². The Hall–Kier alpha value is -2.51. The summed E-state index contributed by atoms with van der Waals surface area (Å²) in [6, 6.07) is 10.5. The number of benzene rings is 1. The van der Waals surface area contributed by atoms with E-state index in [-0.39, 0.29) is 18.0 Å². The first-order chi connectivity index (χ1) is 13.6. The minimum Gasteiger partial charge on any atom is -0.372 e. The lowest BCUT2D eigenvalue weighted by Crippen LogP contribution is -2.45. The van der Waals surface area contributed by atoms with Gasteiger partial charge in [-0.25, -0.2) is 14.4 Å². The number of nitrogens with one attached hydrogen (secondary N) is 1. The van der Waals surface area contributed by atoms with Crippen molar-refractivity contribution in [3.8, 4) is 11.3 Å². The Morgan fingerprint density at radius 1 is 1.14 bits per heavy atom. The molecule has 0 radical (unpaired) electrons. The summed E-state index contributed by atoms with van der Waals surface area (Å²) in [6.45, 7) is 6.56. The second-order valence-corrected chi connectivity index (χ2v) is 7.94. The number of ether oxygens (including phenoxy) is 1. The van der Waals surface area contributed by atoms with Crippen molar-refractivity contribution in [3.05, 3.63) is 59.4 Å². The van der Waals surface area contributed by atoms with E-state index in [2.05, 4.69) is 46.2 Å². The first-order valence-corrected chi connectivity index (χ1v) is 10.3. The number of hydrogen-bond acceptors (Lipinski definition) is 6. The average molecular weight is 399 g/mol. The number of morpholine rings is 1. The van der Waals surface area contributed by atoms with Gasteiger partial charge in [0.05, 0.1) is 17.9 Å². The maximum absolute atomic E-state index is 13.1. The van der Waals surface area contributed by atoms with Crippen molar-refractivity contribution in [1.82, 2.24) is 9.97 Å². The molecule has 0 saturated carbocycles. The standard InChI is InChI=1S/C21H23FN4OS/c1-14-11-26(12-15(2)27-14)20-8-3-16(9-23-20)10-24-21-25-19(13-28-21)17-4-6-18(22)7-5-17/h3-9,13-15H,10-12H2,1-2H3,(H,24,25). The van der Waals surface area contributed by atoms with Crippen molar-refractivity contribution in [2.75, 3.05) is 23.3 Å². The molecule has 1 aliphatic heterocycles. The molecule has 0 aliphatic carbocycles. The van der Waals surface area contributed by atoms with E-state index in [1.165, 1.54) is 23.5 Å². The number of halogens is 1. The van der Waals surface area contributed by atoms with Gasteiger partial charge in [-0.05, 0) is 49.7 Å². The van der Waals surface area contributed by atoms with E-state index in [1.54, 1.807) is 12.1 Å². The van der Waals surface area contributed by atoms with E-state index in [0.717, 1.165) is 40.9 Å². The molecule has 4 rings (SSSR count). The topological polar surface area (TPSA) is 50.3 Å². The van der Waals surface area contributed by atoms with Crippen LogP contribution in [0.25, 0.3) is 11.3 Å². The Morgan fingerprint density at radius 2 is 1.89 bits per heavy atom. The van der Waals surface area contributed by atoms with Crippen LogP contribution in [0.3, 0.4) is 0 Å². The maximum atomic E-state index is 13.1. The van der Waals surface area contributed by atoms with Gasteiger partial charge in [-0.3, -0.25) is 0 Å². The van der Waals surface area contributed by atoms with Crippen LogP contribution in [-0.2, 0) is 11.3 Å². The zero-order valence-corrected chi connectivity index (χ0v) is 16.7. The van der Waals surface area contributed by atoms with Gasteiger partial charge in [0.1, 0.15) is 11.6 Å². The molecule has 1 fully saturated rings. The lowest BCUT2D eigenvalue weighted by Gasteiger charge is -2.36. The minimum atomic E-state index is -0.241. The molecule has 1 aromatic carbocycles. The van der Waals surface area contributed by atoms with Crippen LogP contribution in [0.15, 0.2) is 48.0 Å². The van der Waals surface area contributed by atoms with Gasteiger partial charge < -0.3 is 15.0 Å². The molecule has 0 spiro atoms. The Balaban J connectivity index is 1.36. The fraction of sp³-hybridized carbons (Fsp3) is 0.333. The highest BCUT2D eigenvalue weighted by atomic mass is 32.1. The predicted octanol–water partition coefficient (Wildman–Crippen LogP) is 4.57. The molecule has 146 valence electrons. The molecule has 1 saturated heterocycles. The first-order valence-electron chi connectivity index (χ1n) is 9.37. The van der Waals surface area contributed by atoms with Gasteiger partial charge in [-0.15, -0.1) is 11.3 Å². The quantitative estimate of drug-likeness (QED) is 0.682. The number of hydrogen-bond donors (Lipinski definition) is 1. The van der Waals surface area contributed by atoms with Gasteiger partial charge in [0.25, 0.3) is 0 Å². The van der Waals surface area contributed by atoms with Crippen LogP contribution in [0.1, 0.15) is 19.4 Å². The first kappa shape index (κ1) is 18.8. The molecule has 1 aliphatic rings. The second-order valence-electron chi connectivity index (χ2n) is 7.09.